The number of nitrogens with one attached hydrogen (secondary N) is 1. The first kappa shape index (κ1) is 16.7. The van der Waals surface area contributed by atoms with Gasteiger partial charge in [-0.15, -0.1) is 6.54 Å². The molecule has 0 saturated carbocycles. The molecule has 0 fully saturated rings. The fraction of sp³-hybridized carbons (Fsp3) is 1.00. The summed E-state index contributed by atoms with van der Waals surface area (Å²) in [4.78, 5) is 0. The fourth-order valence-corrected chi connectivity index (χ4v) is 0. The maximum absolute atomic E-state index is 8.74. The van der Waals surface area contributed by atoms with Crippen molar-refractivity contribution in [1.29, 1.82) is 0 Å². The van der Waals surface area contributed by atoms with E-state index in [1.807, 2.05) is 0 Å². The first-order valence-corrected chi connectivity index (χ1v) is 3.27. The minimum Gasteiger partial charge on any atom is -0.676 e. The maximum atomic E-state index is 8.74. The second-order valence-electron chi connectivity index (χ2n) is 0.921. The summed E-state index contributed by atoms with van der Waals surface area (Å²) >= 11 is 0. The summed E-state index contributed by atoms with van der Waals surface area (Å²) in [5, 5.41) is 7.69. The van der Waals surface area contributed by atoms with Crippen molar-refractivity contribution in [3.63, 3.8) is 0 Å². The molecular weight excluding hydrogens is 214 g/mol. The molecule has 0 spiro atoms. The van der Waals surface area contributed by atoms with Gasteiger partial charge in [-0.1, -0.05) is 0 Å². The van der Waals surface area contributed by atoms with Crippen LogP contribution in [-0.2, 0) is 27.5 Å². The van der Waals surface area contributed by atoms with Crippen LogP contribution in [0.2, 0.25) is 0 Å². The second kappa shape index (κ2) is 9.31. The largest absolute Gasteiger partial charge is 2.00 e. The SMILES string of the molecule is O=S(=O)(O)O.[Cu+2].[NH-]CCO. The molecule has 0 rings (SSSR count). The van der Waals surface area contributed by atoms with Crippen LogP contribution in [0.3, 0.4) is 0 Å². The molecule has 67 valence electrons. The Morgan fingerprint density at radius 2 is 1.40 bits per heavy atom. The van der Waals surface area contributed by atoms with Crippen LogP contribution in [0.25, 0.3) is 5.73 Å². The predicted octanol–water partition coefficient (Wildman–Crippen LogP) is -0.624. The monoisotopic (exact) mass is 221 g/mol. The summed E-state index contributed by atoms with van der Waals surface area (Å²) in [6, 6.07) is 0. The van der Waals surface area contributed by atoms with Crippen LogP contribution in [0.5, 0.6) is 0 Å². The van der Waals surface area contributed by atoms with Crippen LogP contribution in [0, 0.1) is 0 Å². The molecule has 0 heterocycles. The predicted molar refractivity (Wildman–Crippen MR) is 30.5 cm³/mol. The molecule has 0 aliphatic rings. The van der Waals surface area contributed by atoms with E-state index in [9.17, 15) is 0 Å². The minimum atomic E-state index is -4.67. The summed E-state index contributed by atoms with van der Waals surface area (Å²) in [5.41, 5.74) is 6.20. The summed E-state index contributed by atoms with van der Waals surface area (Å²) < 4.78 is 31.6. The van der Waals surface area contributed by atoms with E-state index in [-0.39, 0.29) is 30.2 Å². The van der Waals surface area contributed by atoms with Crippen LogP contribution < -0.4 is 0 Å². The van der Waals surface area contributed by atoms with Crippen molar-refractivity contribution in [2.24, 2.45) is 0 Å². The Hall–Kier alpha value is 0.309. The Morgan fingerprint density at radius 3 is 1.40 bits per heavy atom. The van der Waals surface area contributed by atoms with E-state index in [0.717, 1.165) is 0 Å². The molecule has 0 aliphatic carbocycles. The molecule has 0 bridgehead atoms. The van der Waals surface area contributed by atoms with E-state index in [4.69, 9.17) is 28.4 Å². The van der Waals surface area contributed by atoms with Gasteiger partial charge < -0.3 is 10.8 Å². The first-order chi connectivity index (χ1) is 3.91. The van der Waals surface area contributed by atoms with Gasteiger partial charge >= 0.3 is 27.5 Å². The van der Waals surface area contributed by atoms with E-state index in [1.165, 1.54) is 0 Å². The zero-order valence-electron chi connectivity index (χ0n) is 4.78. The Balaban J connectivity index is -0.0000000910. The third-order valence-corrected chi connectivity index (χ3v) is 0.112. The van der Waals surface area contributed by atoms with Gasteiger partial charge in [0.15, 0.2) is 0 Å². The van der Waals surface area contributed by atoms with Crippen molar-refractivity contribution in [3.8, 4) is 0 Å². The van der Waals surface area contributed by atoms with E-state index in [1.54, 1.807) is 0 Å². The number of hydrogen-bond donors (Lipinski definition) is 3. The van der Waals surface area contributed by atoms with Crippen LogP contribution in [0.4, 0.5) is 0 Å². The molecule has 8 heteroatoms. The van der Waals surface area contributed by atoms with Crippen molar-refractivity contribution in [2.75, 3.05) is 13.2 Å². The molecule has 0 amide bonds. The summed E-state index contributed by atoms with van der Waals surface area (Å²) in [6.45, 7) is 0.111. The summed E-state index contributed by atoms with van der Waals surface area (Å²) in [7, 11) is -4.67. The third kappa shape index (κ3) is 259. The normalized spacial score (nSPS) is 8.80. The van der Waals surface area contributed by atoms with Gasteiger partial charge in [-0.05, 0) is 0 Å². The van der Waals surface area contributed by atoms with E-state index < -0.39 is 10.4 Å². The Labute approximate surface area is 69.5 Å². The quantitative estimate of drug-likeness (QED) is 0.403. The maximum Gasteiger partial charge on any atom is 2.00 e. The van der Waals surface area contributed by atoms with Gasteiger partial charge in [0.2, 0.25) is 0 Å². The minimum absolute atomic E-state index is 0. The van der Waals surface area contributed by atoms with Gasteiger partial charge in [0, 0.05) is 6.61 Å². The van der Waals surface area contributed by atoms with E-state index >= 15 is 0 Å². The molecule has 1 radical (unpaired) electrons. The molecule has 4 N–H and O–H groups in total. The molecule has 0 aliphatic heterocycles. The van der Waals surface area contributed by atoms with Gasteiger partial charge in [-0.25, -0.2) is 0 Å². The number of aliphatic hydroxyl groups excluding tert-OH is 1. The fourth-order valence-electron chi connectivity index (χ4n) is 0. The van der Waals surface area contributed by atoms with Crippen molar-refractivity contribution < 1.29 is 39.7 Å². The zero-order valence-corrected chi connectivity index (χ0v) is 6.54. The average Bonchev–Trinajstić information content (AvgIpc) is 1.61. The van der Waals surface area contributed by atoms with Crippen molar-refractivity contribution >= 4 is 10.4 Å². The standard InChI is InChI=1S/C2H6NO.Cu.H2O4S/c3-1-2-4;;1-5(2,3)4/h3-4H,1-2H2;;(H2,1,2,3,4)/q-1;+2;. The van der Waals surface area contributed by atoms with Gasteiger partial charge in [0.05, 0.1) is 0 Å². The van der Waals surface area contributed by atoms with Crippen LogP contribution in [0.15, 0.2) is 0 Å². The van der Waals surface area contributed by atoms with Gasteiger partial charge in [0.25, 0.3) is 0 Å². The van der Waals surface area contributed by atoms with Gasteiger partial charge in [0.1, 0.15) is 0 Å². The molecule has 0 unspecified atom stereocenters. The summed E-state index contributed by atoms with van der Waals surface area (Å²) in [5.74, 6) is 0. The van der Waals surface area contributed by atoms with E-state index in [2.05, 4.69) is 0 Å². The number of hydrogen-bond acceptors (Lipinski definition) is 3. The third-order valence-electron chi connectivity index (χ3n) is 0.112. The second-order valence-corrected chi connectivity index (χ2v) is 1.82. The molecule has 6 nitrogen and oxygen atoms in total. The van der Waals surface area contributed by atoms with Crippen LogP contribution in [-0.4, -0.2) is 35.8 Å². The topological polar surface area (TPSA) is 119 Å². The van der Waals surface area contributed by atoms with E-state index in [0.29, 0.717) is 0 Å². The van der Waals surface area contributed by atoms with Gasteiger partial charge in [-0.2, -0.15) is 8.42 Å². The summed E-state index contributed by atoms with van der Waals surface area (Å²) in [6.07, 6.45) is 0. The molecule has 0 aromatic rings. The van der Waals surface area contributed by atoms with Crippen molar-refractivity contribution in [2.45, 2.75) is 0 Å². The van der Waals surface area contributed by atoms with Crippen molar-refractivity contribution in [3.05, 3.63) is 5.73 Å². The molecule has 0 atom stereocenters. The average molecular weight is 222 g/mol. The van der Waals surface area contributed by atoms with Crippen molar-refractivity contribution in [1.82, 2.24) is 0 Å². The number of rotatable bonds is 1. The van der Waals surface area contributed by atoms with Gasteiger partial charge in [-0.3, -0.25) is 9.11 Å². The van der Waals surface area contributed by atoms with Crippen LogP contribution in [0.1, 0.15) is 0 Å². The Bertz CT molecular complexity index is 123. The van der Waals surface area contributed by atoms with Crippen LogP contribution >= 0.6 is 0 Å². The Morgan fingerprint density at radius 1 is 1.30 bits per heavy atom. The number of aliphatic hydroxyl groups is 1. The molecule has 0 aromatic carbocycles. The zero-order chi connectivity index (χ0) is 7.91. The smallest absolute Gasteiger partial charge is 0.676 e. The Kier molecular flexibility index (Phi) is 15.6. The first-order valence-electron chi connectivity index (χ1n) is 1.87. The molecule has 0 aromatic heterocycles. The molecule has 10 heavy (non-hydrogen) atoms. The molecule has 0 saturated heterocycles. The molecular formula is C2H8CuNO5S+.